The van der Waals surface area contributed by atoms with Gasteiger partial charge in [-0.15, -0.1) is 0 Å². The average molecular weight is 328 g/mol. The zero-order valence-corrected chi connectivity index (χ0v) is 12.7. The van der Waals surface area contributed by atoms with Crippen LogP contribution in [0.25, 0.3) is 0 Å². The number of halogens is 2. The Morgan fingerprint density at radius 1 is 1.42 bits per heavy atom. The number of nitrogens with one attached hydrogen (secondary N) is 1. The maximum Gasteiger partial charge on any atom is 0.254 e. The van der Waals surface area contributed by atoms with Crippen molar-refractivity contribution in [2.24, 2.45) is 11.8 Å². The highest BCUT2D eigenvalue weighted by atomic mass is 79.9. The molecule has 0 heterocycles. The van der Waals surface area contributed by atoms with Gasteiger partial charge in [0.1, 0.15) is 5.82 Å². The van der Waals surface area contributed by atoms with Crippen LogP contribution in [0.15, 0.2) is 18.2 Å². The largest absolute Gasteiger partial charge is 0.352 e. The predicted molar refractivity (Wildman–Crippen MR) is 78.1 cm³/mol. The van der Waals surface area contributed by atoms with Crippen molar-refractivity contribution in [1.29, 1.82) is 0 Å². The van der Waals surface area contributed by atoms with E-state index in [0.717, 1.165) is 17.3 Å². The van der Waals surface area contributed by atoms with E-state index in [1.54, 1.807) is 12.1 Å². The van der Waals surface area contributed by atoms with Crippen LogP contribution >= 0.6 is 15.9 Å². The molecule has 0 saturated heterocycles. The van der Waals surface area contributed by atoms with Crippen molar-refractivity contribution in [3.8, 4) is 0 Å². The van der Waals surface area contributed by atoms with Gasteiger partial charge in [-0.2, -0.15) is 0 Å². The molecule has 0 aliphatic heterocycles. The minimum Gasteiger partial charge on any atom is -0.352 e. The van der Waals surface area contributed by atoms with Crippen LogP contribution in [-0.4, -0.2) is 17.8 Å². The summed E-state index contributed by atoms with van der Waals surface area (Å²) in [7, 11) is 0. The number of benzene rings is 1. The van der Waals surface area contributed by atoms with Gasteiger partial charge in [-0.3, -0.25) is 4.79 Å². The first-order valence-electron chi connectivity index (χ1n) is 6.72. The molecule has 1 saturated carbocycles. The van der Waals surface area contributed by atoms with Gasteiger partial charge in [-0.05, 0) is 43.7 Å². The van der Waals surface area contributed by atoms with Crippen LogP contribution in [-0.2, 0) is 0 Å². The Labute approximate surface area is 121 Å². The Hall–Kier alpha value is -0.900. The molecule has 0 bridgehead atoms. The summed E-state index contributed by atoms with van der Waals surface area (Å²) in [6.07, 6.45) is 3.58. The summed E-state index contributed by atoms with van der Waals surface area (Å²) in [6.45, 7) is 2.50. The number of hydrogen-bond donors (Lipinski definition) is 1. The van der Waals surface area contributed by atoms with Crippen LogP contribution in [0.4, 0.5) is 4.39 Å². The first-order valence-corrected chi connectivity index (χ1v) is 7.84. The molecule has 0 spiro atoms. The highest BCUT2D eigenvalue weighted by Gasteiger charge is 2.26. The van der Waals surface area contributed by atoms with Gasteiger partial charge in [0.25, 0.3) is 5.91 Å². The molecule has 1 N–H and O–H groups in total. The van der Waals surface area contributed by atoms with Crippen LogP contribution in [0.1, 0.15) is 35.2 Å². The molecule has 104 valence electrons. The Balaban J connectivity index is 1.96. The second-order valence-corrected chi connectivity index (χ2v) is 5.95. The minimum absolute atomic E-state index is 0.147. The fourth-order valence-corrected chi connectivity index (χ4v) is 3.57. The number of hydrogen-bond acceptors (Lipinski definition) is 1. The number of alkyl halides is 1. The van der Waals surface area contributed by atoms with Crippen LogP contribution < -0.4 is 5.32 Å². The van der Waals surface area contributed by atoms with Gasteiger partial charge in [-0.1, -0.05) is 34.0 Å². The molecular weight excluding hydrogens is 309 g/mol. The van der Waals surface area contributed by atoms with Gasteiger partial charge in [0.05, 0.1) is 5.56 Å². The second kappa shape index (κ2) is 6.51. The smallest absolute Gasteiger partial charge is 0.254 e. The third-order valence-electron chi connectivity index (χ3n) is 3.91. The molecule has 2 atom stereocenters. The normalized spacial score (nSPS) is 22.5. The van der Waals surface area contributed by atoms with Gasteiger partial charge in [0.2, 0.25) is 0 Å². The Bertz CT molecular complexity index is 463. The van der Waals surface area contributed by atoms with Gasteiger partial charge in [-0.25, -0.2) is 4.39 Å². The lowest BCUT2D eigenvalue weighted by Crippen LogP contribution is -2.31. The zero-order chi connectivity index (χ0) is 13.8. The lowest BCUT2D eigenvalue weighted by molar-refractivity contribution is 0.0940. The standard InChI is InChI=1S/C15H19BrFNO/c1-10-5-6-14(17)13(7-10)15(19)18-9-12-4-2-3-11(12)8-16/h5-7,11-12H,2-4,8-9H2,1H3,(H,18,19). The molecule has 2 rings (SSSR count). The monoisotopic (exact) mass is 327 g/mol. The van der Waals surface area contributed by atoms with Crippen molar-refractivity contribution in [3.05, 3.63) is 35.1 Å². The first kappa shape index (κ1) is 14.5. The van der Waals surface area contributed by atoms with Crippen molar-refractivity contribution in [3.63, 3.8) is 0 Å². The number of rotatable bonds is 4. The van der Waals surface area contributed by atoms with E-state index in [-0.39, 0.29) is 11.5 Å². The first-order chi connectivity index (χ1) is 9.11. The molecule has 4 heteroatoms. The molecule has 1 fully saturated rings. The molecular formula is C15H19BrFNO. The summed E-state index contributed by atoms with van der Waals surface area (Å²) in [5.74, 6) is 0.381. The average Bonchev–Trinajstić information content (AvgIpc) is 2.86. The Morgan fingerprint density at radius 2 is 2.16 bits per heavy atom. The van der Waals surface area contributed by atoms with E-state index >= 15 is 0 Å². The van der Waals surface area contributed by atoms with E-state index in [1.807, 2.05) is 6.92 Å². The Kier molecular flexibility index (Phi) is 4.97. The zero-order valence-electron chi connectivity index (χ0n) is 11.1. The minimum atomic E-state index is -0.452. The molecule has 1 aliphatic rings. The fraction of sp³-hybridized carbons (Fsp3) is 0.533. The highest BCUT2D eigenvalue weighted by Crippen LogP contribution is 2.32. The lowest BCUT2D eigenvalue weighted by Gasteiger charge is -2.18. The summed E-state index contributed by atoms with van der Waals surface area (Å²) < 4.78 is 13.6. The maximum atomic E-state index is 13.6. The quantitative estimate of drug-likeness (QED) is 0.840. The molecule has 0 aromatic heterocycles. The fourth-order valence-electron chi connectivity index (χ4n) is 2.72. The number of carbonyl (C=O) groups excluding carboxylic acids is 1. The van der Waals surface area contributed by atoms with E-state index < -0.39 is 5.82 Å². The van der Waals surface area contributed by atoms with E-state index in [4.69, 9.17) is 0 Å². The molecule has 1 aromatic rings. The van der Waals surface area contributed by atoms with Gasteiger partial charge < -0.3 is 5.32 Å². The van der Waals surface area contributed by atoms with Gasteiger partial charge in [0.15, 0.2) is 0 Å². The van der Waals surface area contributed by atoms with Gasteiger partial charge in [0, 0.05) is 11.9 Å². The van der Waals surface area contributed by atoms with Crippen LogP contribution in [0.5, 0.6) is 0 Å². The summed E-state index contributed by atoms with van der Waals surface area (Å²) in [5.41, 5.74) is 1.04. The number of amides is 1. The summed E-state index contributed by atoms with van der Waals surface area (Å²) >= 11 is 3.52. The summed E-state index contributed by atoms with van der Waals surface area (Å²) in [4.78, 5) is 12.0. The van der Waals surface area contributed by atoms with Gasteiger partial charge >= 0.3 is 0 Å². The number of carbonyl (C=O) groups is 1. The predicted octanol–water partition coefficient (Wildman–Crippen LogP) is 3.68. The maximum absolute atomic E-state index is 13.6. The molecule has 2 nitrogen and oxygen atoms in total. The van der Waals surface area contributed by atoms with Crippen LogP contribution in [0.3, 0.4) is 0 Å². The van der Waals surface area contributed by atoms with Crippen LogP contribution in [0, 0.1) is 24.6 Å². The molecule has 2 unspecified atom stereocenters. The third-order valence-corrected chi connectivity index (χ3v) is 4.74. The molecule has 1 aliphatic carbocycles. The Morgan fingerprint density at radius 3 is 2.89 bits per heavy atom. The van der Waals surface area contributed by atoms with E-state index in [1.165, 1.54) is 18.9 Å². The topological polar surface area (TPSA) is 29.1 Å². The van der Waals surface area contributed by atoms with Crippen molar-refractivity contribution >= 4 is 21.8 Å². The SMILES string of the molecule is Cc1ccc(F)c(C(=O)NCC2CCCC2CBr)c1. The second-order valence-electron chi connectivity index (χ2n) is 5.30. The van der Waals surface area contributed by atoms with Crippen molar-refractivity contribution in [2.75, 3.05) is 11.9 Å². The van der Waals surface area contributed by atoms with E-state index in [9.17, 15) is 9.18 Å². The lowest BCUT2D eigenvalue weighted by atomic mass is 9.98. The van der Waals surface area contributed by atoms with Crippen molar-refractivity contribution < 1.29 is 9.18 Å². The summed E-state index contributed by atoms with van der Waals surface area (Å²) in [6, 6.07) is 4.62. The van der Waals surface area contributed by atoms with E-state index in [2.05, 4.69) is 21.2 Å². The highest BCUT2D eigenvalue weighted by molar-refractivity contribution is 9.09. The van der Waals surface area contributed by atoms with E-state index in [0.29, 0.717) is 18.4 Å². The van der Waals surface area contributed by atoms with Crippen molar-refractivity contribution in [1.82, 2.24) is 5.32 Å². The molecule has 19 heavy (non-hydrogen) atoms. The molecule has 1 amide bonds. The molecule has 0 radical (unpaired) electrons. The summed E-state index contributed by atoms with van der Waals surface area (Å²) in [5, 5.41) is 3.85. The number of aryl methyl sites for hydroxylation is 1. The third kappa shape index (κ3) is 3.56. The van der Waals surface area contributed by atoms with Crippen LogP contribution in [0.2, 0.25) is 0 Å². The molecule has 1 aromatic carbocycles. The van der Waals surface area contributed by atoms with Crippen molar-refractivity contribution in [2.45, 2.75) is 26.2 Å².